The molecule has 0 spiro atoms. The number of piperidine rings is 1. The van der Waals surface area contributed by atoms with Gasteiger partial charge >= 0.3 is 0 Å². The largest absolute Gasteiger partial charge is 0.377 e. The monoisotopic (exact) mass is 322 g/mol. The number of hydrogen-bond acceptors (Lipinski definition) is 4. The van der Waals surface area contributed by atoms with Gasteiger partial charge in [-0.25, -0.2) is 4.39 Å². The van der Waals surface area contributed by atoms with E-state index in [9.17, 15) is 19.3 Å². The maximum atomic E-state index is 13.1. The molecule has 0 N–H and O–H groups in total. The Morgan fingerprint density at radius 3 is 3.04 bits per heavy atom. The van der Waals surface area contributed by atoms with E-state index in [-0.39, 0.29) is 23.3 Å². The molecule has 0 bridgehead atoms. The predicted molar refractivity (Wildman–Crippen MR) is 83.3 cm³/mol. The first-order valence-corrected chi connectivity index (χ1v) is 7.53. The lowest BCUT2D eigenvalue weighted by atomic mass is 10.1. The Balaban J connectivity index is 2.08. The van der Waals surface area contributed by atoms with Crippen molar-refractivity contribution in [2.45, 2.75) is 25.9 Å². The molecule has 0 aliphatic carbocycles. The van der Waals surface area contributed by atoms with Crippen LogP contribution in [0.1, 0.15) is 25.3 Å². The zero-order chi connectivity index (χ0) is 16.8. The molecule has 1 fully saturated rings. The minimum atomic E-state index is -0.684. The lowest BCUT2D eigenvalue weighted by Crippen LogP contribution is -2.42. The second-order valence-electron chi connectivity index (χ2n) is 5.30. The maximum Gasteiger partial charge on any atom is 0.279 e. The first-order valence-electron chi connectivity index (χ1n) is 7.53. The van der Waals surface area contributed by atoms with E-state index in [0.29, 0.717) is 19.7 Å². The van der Waals surface area contributed by atoms with Crippen molar-refractivity contribution in [2.75, 3.05) is 19.7 Å². The summed E-state index contributed by atoms with van der Waals surface area (Å²) in [5.41, 5.74) is -0.164. The van der Waals surface area contributed by atoms with Gasteiger partial charge in [0.25, 0.3) is 5.69 Å². The lowest BCUT2D eigenvalue weighted by Gasteiger charge is -2.31. The van der Waals surface area contributed by atoms with E-state index < -0.39 is 10.7 Å². The van der Waals surface area contributed by atoms with Gasteiger partial charge in [0.05, 0.1) is 22.7 Å². The van der Waals surface area contributed by atoms with Crippen molar-refractivity contribution < 1.29 is 18.8 Å². The molecular formula is C16H19FN2O4. The molecule has 2 rings (SSSR count). The Kier molecular flexibility index (Phi) is 5.81. The number of nitro groups is 1. The molecule has 1 unspecified atom stereocenters. The van der Waals surface area contributed by atoms with Gasteiger partial charge in [-0.1, -0.05) is 0 Å². The highest BCUT2D eigenvalue weighted by Gasteiger charge is 2.22. The van der Waals surface area contributed by atoms with Gasteiger partial charge in [-0.15, -0.1) is 0 Å². The van der Waals surface area contributed by atoms with Crippen molar-refractivity contribution in [1.82, 2.24) is 4.90 Å². The molecule has 1 aromatic rings. The summed E-state index contributed by atoms with van der Waals surface area (Å²) in [5, 5.41) is 10.9. The fourth-order valence-corrected chi connectivity index (χ4v) is 2.59. The molecule has 23 heavy (non-hydrogen) atoms. The molecule has 0 radical (unpaired) electrons. The van der Waals surface area contributed by atoms with E-state index in [1.807, 2.05) is 6.92 Å². The molecule has 124 valence electrons. The van der Waals surface area contributed by atoms with Crippen LogP contribution in [-0.2, 0) is 9.53 Å². The van der Waals surface area contributed by atoms with Crippen molar-refractivity contribution in [3.05, 3.63) is 45.8 Å². The highest BCUT2D eigenvalue weighted by molar-refractivity contribution is 5.92. The minimum Gasteiger partial charge on any atom is -0.377 e. The Hall–Kier alpha value is -2.28. The lowest BCUT2D eigenvalue weighted by molar-refractivity contribution is -0.385. The Labute approximate surface area is 133 Å². The summed E-state index contributed by atoms with van der Waals surface area (Å²) in [6.07, 6.45) is 4.45. The molecule has 0 aromatic heterocycles. The topological polar surface area (TPSA) is 72.7 Å². The average Bonchev–Trinajstić information content (AvgIpc) is 2.54. The van der Waals surface area contributed by atoms with Crippen LogP contribution in [0.3, 0.4) is 0 Å². The third kappa shape index (κ3) is 4.59. The second kappa shape index (κ2) is 7.82. The molecule has 1 aliphatic rings. The standard InChI is InChI=1S/C16H19FN2O4/c1-2-23-14-4-3-9-18(11-14)16(20)8-6-12-5-7-13(17)10-15(12)19(21)22/h5-8,10,14H,2-4,9,11H2,1H3. The van der Waals surface area contributed by atoms with Gasteiger partial charge in [-0.3, -0.25) is 14.9 Å². The number of nitrogens with zero attached hydrogens (tertiary/aromatic N) is 2. The highest BCUT2D eigenvalue weighted by Crippen LogP contribution is 2.21. The number of ether oxygens (including phenoxy) is 1. The van der Waals surface area contributed by atoms with Gasteiger partial charge in [0.2, 0.25) is 5.91 Å². The third-order valence-corrected chi connectivity index (χ3v) is 3.69. The van der Waals surface area contributed by atoms with Crippen LogP contribution in [-0.4, -0.2) is 41.5 Å². The summed E-state index contributed by atoms with van der Waals surface area (Å²) < 4.78 is 18.6. The van der Waals surface area contributed by atoms with Crippen LogP contribution in [0.5, 0.6) is 0 Å². The van der Waals surface area contributed by atoms with Gasteiger partial charge in [-0.05, 0) is 38.0 Å². The van der Waals surface area contributed by atoms with Crippen molar-refractivity contribution >= 4 is 17.7 Å². The predicted octanol–water partition coefficient (Wildman–Crippen LogP) is 2.77. The molecular weight excluding hydrogens is 303 g/mol. The van der Waals surface area contributed by atoms with Gasteiger partial charge in [0, 0.05) is 25.8 Å². The molecule has 1 saturated heterocycles. The van der Waals surface area contributed by atoms with Crippen molar-refractivity contribution in [3.8, 4) is 0 Å². The fraction of sp³-hybridized carbons (Fsp3) is 0.438. The first kappa shape index (κ1) is 17.1. The van der Waals surface area contributed by atoms with E-state index >= 15 is 0 Å². The quantitative estimate of drug-likeness (QED) is 0.475. The molecule has 1 aliphatic heterocycles. The van der Waals surface area contributed by atoms with E-state index in [1.165, 1.54) is 18.2 Å². The minimum absolute atomic E-state index is 0.0336. The summed E-state index contributed by atoms with van der Waals surface area (Å²) in [6.45, 7) is 3.67. The van der Waals surface area contributed by atoms with Crippen LogP contribution in [0.15, 0.2) is 24.3 Å². The molecule has 7 heteroatoms. The number of amides is 1. The summed E-state index contributed by atoms with van der Waals surface area (Å²) in [4.78, 5) is 24.1. The number of hydrogen-bond donors (Lipinski definition) is 0. The van der Waals surface area contributed by atoms with Crippen molar-refractivity contribution in [1.29, 1.82) is 0 Å². The maximum absolute atomic E-state index is 13.1. The van der Waals surface area contributed by atoms with Gasteiger partial charge in [0.15, 0.2) is 0 Å². The first-order chi connectivity index (χ1) is 11.0. The van der Waals surface area contributed by atoms with Crippen LogP contribution in [0, 0.1) is 15.9 Å². The number of rotatable bonds is 5. The number of benzene rings is 1. The van der Waals surface area contributed by atoms with Crippen LogP contribution >= 0.6 is 0 Å². The molecule has 1 atom stereocenters. The zero-order valence-electron chi connectivity index (χ0n) is 12.9. The SMILES string of the molecule is CCOC1CCCN(C(=O)C=Cc2ccc(F)cc2[N+](=O)[O-])C1. The summed E-state index contributed by atoms with van der Waals surface area (Å²) in [7, 11) is 0. The smallest absolute Gasteiger partial charge is 0.279 e. The Morgan fingerprint density at radius 1 is 1.57 bits per heavy atom. The highest BCUT2D eigenvalue weighted by atomic mass is 19.1. The van der Waals surface area contributed by atoms with Gasteiger partial charge in [0.1, 0.15) is 5.82 Å². The molecule has 1 heterocycles. The summed E-state index contributed by atoms with van der Waals surface area (Å²) in [5.74, 6) is -0.913. The van der Waals surface area contributed by atoms with Crippen molar-refractivity contribution in [2.24, 2.45) is 0 Å². The van der Waals surface area contributed by atoms with Crippen LogP contribution < -0.4 is 0 Å². The van der Waals surface area contributed by atoms with Gasteiger partial charge in [-0.2, -0.15) is 0 Å². The van der Waals surface area contributed by atoms with Crippen LogP contribution in [0.2, 0.25) is 0 Å². The molecule has 6 nitrogen and oxygen atoms in total. The number of nitro benzene ring substituents is 1. The van der Waals surface area contributed by atoms with E-state index in [0.717, 1.165) is 25.0 Å². The third-order valence-electron chi connectivity index (χ3n) is 3.69. The van der Waals surface area contributed by atoms with Gasteiger partial charge < -0.3 is 9.64 Å². The van der Waals surface area contributed by atoms with E-state index in [4.69, 9.17) is 4.74 Å². The van der Waals surface area contributed by atoms with Crippen LogP contribution in [0.4, 0.5) is 10.1 Å². The van der Waals surface area contributed by atoms with E-state index in [2.05, 4.69) is 0 Å². The summed E-state index contributed by atoms with van der Waals surface area (Å²) >= 11 is 0. The molecule has 1 aromatic carbocycles. The Morgan fingerprint density at radius 2 is 2.35 bits per heavy atom. The zero-order valence-corrected chi connectivity index (χ0v) is 12.9. The van der Waals surface area contributed by atoms with E-state index in [1.54, 1.807) is 4.90 Å². The number of halogens is 1. The Bertz CT molecular complexity index is 616. The molecule has 0 saturated carbocycles. The second-order valence-corrected chi connectivity index (χ2v) is 5.30. The number of carbonyl (C=O) groups excluding carboxylic acids is 1. The average molecular weight is 322 g/mol. The summed E-state index contributed by atoms with van der Waals surface area (Å²) in [6, 6.07) is 3.26. The fourth-order valence-electron chi connectivity index (χ4n) is 2.59. The van der Waals surface area contributed by atoms with Crippen molar-refractivity contribution in [3.63, 3.8) is 0 Å². The molecule has 1 amide bonds. The normalized spacial score (nSPS) is 18.3. The number of likely N-dealkylation sites (tertiary alicyclic amines) is 1. The van der Waals surface area contributed by atoms with Crippen LogP contribution in [0.25, 0.3) is 6.08 Å². The number of carbonyl (C=O) groups is 1.